The Morgan fingerprint density at radius 2 is 2.04 bits per heavy atom. The lowest BCUT2D eigenvalue weighted by molar-refractivity contribution is -0.143. The molecule has 28 heavy (non-hydrogen) atoms. The Balaban J connectivity index is 1.60. The number of urea groups is 1. The number of esters is 2. The number of amides is 2. The number of benzene rings is 1. The van der Waals surface area contributed by atoms with Gasteiger partial charge in [0, 0.05) is 6.42 Å². The largest absolute Gasteiger partial charge is 0.463 e. The number of thiazole rings is 1. The summed E-state index contributed by atoms with van der Waals surface area (Å²) in [6.07, 6.45) is 0.621. The fourth-order valence-electron chi connectivity index (χ4n) is 2.85. The van der Waals surface area contributed by atoms with Gasteiger partial charge >= 0.3 is 18.0 Å². The van der Waals surface area contributed by atoms with Crippen LogP contribution < -0.4 is 10.6 Å². The predicted octanol–water partition coefficient (Wildman–Crippen LogP) is 2.29. The summed E-state index contributed by atoms with van der Waals surface area (Å²) in [5.74, 6) is -0.988. The van der Waals surface area contributed by atoms with E-state index in [0.717, 1.165) is 15.2 Å². The van der Waals surface area contributed by atoms with Crippen molar-refractivity contribution >= 4 is 39.5 Å². The lowest BCUT2D eigenvalue weighted by atomic mass is 10.0. The molecule has 0 unspecified atom stereocenters. The van der Waals surface area contributed by atoms with Crippen LogP contribution in [0.25, 0.3) is 10.2 Å². The third-order valence-corrected chi connectivity index (χ3v) is 5.22. The second-order valence-corrected chi connectivity index (χ2v) is 7.28. The van der Waals surface area contributed by atoms with Crippen molar-refractivity contribution in [2.45, 2.75) is 32.7 Å². The van der Waals surface area contributed by atoms with Crippen LogP contribution in [-0.2, 0) is 25.5 Å². The van der Waals surface area contributed by atoms with Crippen LogP contribution in [0.15, 0.2) is 35.5 Å². The van der Waals surface area contributed by atoms with Crippen LogP contribution in [0.1, 0.15) is 25.3 Å². The van der Waals surface area contributed by atoms with E-state index in [0.29, 0.717) is 6.42 Å². The van der Waals surface area contributed by atoms with E-state index >= 15 is 0 Å². The first kappa shape index (κ1) is 19.8. The number of carbonyl (C=O) groups excluding carboxylic acids is 3. The highest BCUT2D eigenvalue weighted by Gasteiger charge is 2.30. The van der Waals surface area contributed by atoms with Crippen molar-refractivity contribution < 1.29 is 23.9 Å². The molecule has 1 atom stereocenters. The van der Waals surface area contributed by atoms with E-state index in [1.807, 2.05) is 24.3 Å². The van der Waals surface area contributed by atoms with Gasteiger partial charge in [-0.25, -0.2) is 14.6 Å². The summed E-state index contributed by atoms with van der Waals surface area (Å²) < 4.78 is 11.4. The molecule has 0 saturated carbocycles. The van der Waals surface area contributed by atoms with E-state index in [4.69, 9.17) is 9.47 Å². The van der Waals surface area contributed by atoms with Crippen molar-refractivity contribution in [1.82, 2.24) is 15.6 Å². The maximum atomic E-state index is 12.1. The molecule has 0 saturated heterocycles. The fraction of sp³-hybridized carbons (Fsp3) is 0.368. The molecule has 0 aliphatic carbocycles. The summed E-state index contributed by atoms with van der Waals surface area (Å²) in [6.45, 7) is 3.36. The second-order valence-electron chi connectivity index (χ2n) is 6.17. The van der Waals surface area contributed by atoms with Crippen LogP contribution in [0.5, 0.6) is 0 Å². The molecule has 2 heterocycles. The second kappa shape index (κ2) is 8.83. The first-order valence-electron chi connectivity index (χ1n) is 8.95. The molecule has 2 N–H and O–H groups in total. The molecule has 8 nitrogen and oxygen atoms in total. The van der Waals surface area contributed by atoms with Gasteiger partial charge in [0.05, 0.1) is 45.6 Å². The highest BCUT2D eigenvalue weighted by molar-refractivity contribution is 7.18. The monoisotopic (exact) mass is 403 g/mol. The highest BCUT2D eigenvalue weighted by atomic mass is 32.1. The number of ether oxygens (including phenoxy) is 2. The molecule has 0 spiro atoms. The highest BCUT2D eigenvalue weighted by Crippen LogP contribution is 2.22. The Morgan fingerprint density at radius 3 is 2.79 bits per heavy atom. The molecule has 0 bridgehead atoms. The summed E-state index contributed by atoms with van der Waals surface area (Å²) in [4.78, 5) is 40.5. The number of hydrogen-bond donors (Lipinski definition) is 2. The molecule has 1 aliphatic rings. The number of aromatic nitrogens is 1. The molecule has 3 rings (SSSR count). The number of carbonyl (C=O) groups is 3. The molecule has 2 amide bonds. The summed E-state index contributed by atoms with van der Waals surface area (Å²) >= 11 is 1.54. The lowest BCUT2D eigenvalue weighted by Crippen LogP contribution is -2.50. The minimum Gasteiger partial charge on any atom is -0.463 e. The summed E-state index contributed by atoms with van der Waals surface area (Å²) in [5.41, 5.74) is 1.40. The number of fused-ring (bicyclic) bond motifs is 1. The molecule has 0 radical (unpaired) electrons. The van der Waals surface area contributed by atoms with Crippen molar-refractivity contribution in [3.05, 3.63) is 40.5 Å². The van der Waals surface area contributed by atoms with Gasteiger partial charge in [0.2, 0.25) is 0 Å². The maximum Gasteiger partial charge on any atom is 0.338 e. The van der Waals surface area contributed by atoms with Gasteiger partial charge in [-0.3, -0.25) is 4.79 Å². The average Bonchev–Trinajstić information content (AvgIpc) is 3.07. The molecule has 1 aromatic carbocycles. The number of rotatable bonds is 7. The zero-order chi connectivity index (χ0) is 20.1. The first-order chi connectivity index (χ1) is 13.5. The van der Waals surface area contributed by atoms with Crippen LogP contribution in [0, 0.1) is 0 Å². The third-order valence-electron chi connectivity index (χ3n) is 4.12. The van der Waals surface area contributed by atoms with E-state index in [9.17, 15) is 14.4 Å². The standard InChI is InChI=1S/C19H21N3O5S/c1-3-26-18(24)17-11(2)20-19(25)22-13(17)10-27-16(23)9-8-15-21-12-6-4-5-7-14(12)28-15/h4-7,11H,3,8-10H2,1-2H3,(H2,20,22,25)/t11-/m1/s1. The molecule has 1 aromatic heterocycles. The molecule has 1 aliphatic heterocycles. The van der Waals surface area contributed by atoms with Gasteiger partial charge in [-0.05, 0) is 26.0 Å². The van der Waals surface area contributed by atoms with Crippen LogP contribution in [-0.4, -0.2) is 42.2 Å². The van der Waals surface area contributed by atoms with Crippen LogP contribution >= 0.6 is 11.3 Å². The molecule has 9 heteroatoms. The predicted molar refractivity (Wildman–Crippen MR) is 104 cm³/mol. The van der Waals surface area contributed by atoms with E-state index in [2.05, 4.69) is 15.6 Å². The Bertz CT molecular complexity index is 904. The van der Waals surface area contributed by atoms with Gasteiger partial charge in [-0.15, -0.1) is 11.3 Å². The summed E-state index contributed by atoms with van der Waals surface area (Å²) in [7, 11) is 0. The number of nitrogens with one attached hydrogen (secondary N) is 2. The zero-order valence-electron chi connectivity index (χ0n) is 15.6. The number of nitrogens with zero attached hydrogens (tertiary/aromatic N) is 1. The van der Waals surface area contributed by atoms with Gasteiger partial charge in [0.1, 0.15) is 6.61 Å². The van der Waals surface area contributed by atoms with E-state index in [1.54, 1.807) is 25.2 Å². The fourth-order valence-corrected chi connectivity index (χ4v) is 3.82. The van der Waals surface area contributed by atoms with Crippen molar-refractivity contribution in [2.24, 2.45) is 0 Å². The molecular weight excluding hydrogens is 382 g/mol. The van der Waals surface area contributed by atoms with Crippen molar-refractivity contribution in [3.63, 3.8) is 0 Å². The van der Waals surface area contributed by atoms with Gasteiger partial charge in [-0.2, -0.15) is 0 Å². The summed E-state index contributed by atoms with van der Waals surface area (Å²) in [6, 6.07) is 6.78. The topological polar surface area (TPSA) is 107 Å². The summed E-state index contributed by atoms with van der Waals surface area (Å²) in [5, 5.41) is 5.97. The van der Waals surface area contributed by atoms with E-state index in [-0.39, 0.29) is 30.9 Å². The minimum absolute atomic E-state index is 0.156. The molecule has 0 fully saturated rings. The van der Waals surface area contributed by atoms with Crippen molar-refractivity contribution in [1.29, 1.82) is 0 Å². The number of aryl methyl sites for hydroxylation is 1. The van der Waals surface area contributed by atoms with Crippen LogP contribution in [0.3, 0.4) is 0 Å². The third kappa shape index (κ3) is 4.66. The first-order valence-corrected chi connectivity index (χ1v) is 9.77. The smallest absolute Gasteiger partial charge is 0.338 e. The normalized spacial score (nSPS) is 16.5. The Morgan fingerprint density at radius 1 is 1.25 bits per heavy atom. The molecular formula is C19H21N3O5S. The lowest BCUT2D eigenvalue weighted by Gasteiger charge is -2.26. The van der Waals surface area contributed by atoms with Crippen LogP contribution in [0.4, 0.5) is 4.79 Å². The SMILES string of the molecule is CCOC(=O)C1=C(COC(=O)CCc2nc3ccccc3s2)NC(=O)N[C@@H]1C. The van der Waals surface area contributed by atoms with Gasteiger partial charge in [0.15, 0.2) is 0 Å². The molecule has 2 aromatic rings. The maximum absolute atomic E-state index is 12.1. The van der Waals surface area contributed by atoms with Gasteiger partial charge in [-0.1, -0.05) is 12.1 Å². The van der Waals surface area contributed by atoms with Gasteiger partial charge < -0.3 is 20.1 Å². The number of hydrogen-bond acceptors (Lipinski definition) is 7. The number of para-hydroxylation sites is 1. The van der Waals surface area contributed by atoms with Crippen molar-refractivity contribution in [2.75, 3.05) is 13.2 Å². The van der Waals surface area contributed by atoms with E-state index < -0.39 is 24.0 Å². The zero-order valence-corrected chi connectivity index (χ0v) is 16.4. The van der Waals surface area contributed by atoms with E-state index in [1.165, 1.54) is 0 Å². The molecule has 148 valence electrons. The van der Waals surface area contributed by atoms with Gasteiger partial charge in [0.25, 0.3) is 0 Å². The van der Waals surface area contributed by atoms with Crippen molar-refractivity contribution in [3.8, 4) is 0 Å². The Kier molecular flexibility index (Phi) is 6.25. The average molecular weight is 403 g/mol. The Hall–Kier alpha value is -2.94. The van der Waals surface area contributed by atoms with Crippen LogP contribution in [0.2, 0.25) is 0 Å². The minimum atomic E-state index is -0.553. The Labute approximate surface area is 165 Å². The quantitative estimate of drug-likeness (QED) is 0.687.